The number of nitrogen functional groups attached to an aromatic ring is 1. The van der Waals surface area contributed by atoms with E-state index in [1.165, 1.54) is 13.2 Å². The molecular formula is C10H10N2O3. The molecule has 0 aliphatic heterocycles. The van der Waals surface area contributed by atoms with E-state index < -0.39 is 5.97 Å². The highest BCUT2D eigenvalue weighted by molar-refractivity contribution is 6.03. The molecule has 0 aliphatic carbocycles. The Bertz CT molecular complexity index is 531. The van der Waals surface area contributed by atoms with Crippen LogP contribution in [0.5, 0.6) is 5.75 Å². The molecule has 0 saturated heterocycles. The zero-order valence-corrected chi connectivity index (χ0v) is 8.07. The number of aromatic amines is 1. The van der Waals surface area contributed by atoms with Crippen molar-refractivity contribution in [3.63, 3.8) is 0 Å². The first-order chi connectivity index (χ1) is 7.15. The van der Waals surface area contributed by atoms with Gasteiger partial charge in [0.1, 0.15) is 5.56 Å². The summed E-state index contributed by atoms with van der Waals surface area (Å²) < 4.78 is 5.00. The standard InChI is InChI=1S/C10H10N2O3/c1-15-9-6(10(13)14)4-7-5(8(9)11)2-3-12-7/h2-4,12H,11H2,1H3,(H,13,14). The number of methoxy groups -OCH3 is 1. The minimum Gasteiger partial charge on any atom is -0.494 e. The van der Waals surface area contributed by atoms with Crippen LogP contribution in [-0.4, -0.2) is 23.2 Å². The molecule has 5 heteroatoms. The van der Waals surface area contributed by atoms with Crippen LogP contribution in [0.15, 0.2) is 18.3 Å². The first kappa shape index (κ1) is 9.39. The van der Waals surface area contributed by atoms with Gasteiger partial charge in [-0.25, -0.2) is 4.79 Å². The van der Waals surface area contributed by atoms with Gasteiger partial charge in [0.25, 0.3) is 0 Å². The SMILES string of the molecule is COc1c(C(=O)O)cc2[nH]ccc2c1N. The Morgan fingerprint density at radius 2 is 2.33 bits per heavy atom. The average molecular weight is 206 g/mol. The second-order valence-corrected chi connectivity index (χ2v) is 3.12. The van der Waals surface area contributed by atoms with Gasteiger partial charge in [0.05, 0.1) is 12.8 Å². The Hall–Kier alpha value is -2.17. The van der Waals surface area contributed by atoms with Crippen LogP contribution in [0.3, 0.4) is 0 Å². The Balaban J connectivity index is 2.84. The molecule has 0 fully saturated rings. The van der Waals surface area contributed by atoms with Crippen molar-refractivity contribution in [3.05, 3.63) is 23.9 Å². The van der Waals surface area contributed by atoms with Gasteiger partial charge in [0.15, 0.2) is 5.75 Å². The number of nitrogens with two attached hydrogens (primary N) is 1. The van der Waals surface area contributed by atoms with Crippen LogP contribution < -0.4 is 10.5 Å². The van der Waals surface area contributed by atoms with E-state index in [0.717, 1.165) is 5.39 Å². The molecule has 15 heavy (non-hydrogen) atoms. The second-order valence-electron chi connectivity index (χ2n) is 3.12. The maximum absolute atomic E-state index is 10.9. The van der Waals surface area contributed by atoms with Gasteiger partial charge in [-0.1, -0.05) is 0 Å². The third kappa shape index (κ3) is 1.28. The van der Waals surface area contributed by atoms with E-state index >= 15 is 0 Å². The van der Waals surface area contributed by atoms with E-state index in [4.69, 9.17) is 15.6 Å². The molecule has 1 aromatic heterocycles. The Morgan fingerprint density at radius 1 is 1.60 bits per heavy atom. The number of carbonyl (C=O) groups is 1. The number of H-pyrrole nitrogens is 1. The van der Waals surface area contributed by atoms with Gasteiger partial charge >= 0.3 is 5.97 Å². The third-order valence-electron chi connectivity index (χ3n) is 2.28. The molecule has 0 saturated carbocycles. The fraction of sp³-hybridized carbons (Fsp3) is 0.100. The summed E-state index contributed by atoms with van der Waals surface area (Å²) in [5.41, 5.74) is 6.89. The van der Waals surface area contributed by atoms with Crippen molar-refractivity contribution in [2.45, 2.75) is 0 Å². The van der Waals surface area contributed by atoms with Gasteiger partial charge in [0, 0.05) is 17.1 Å². The van der Waals surface area contributed by atoms with Crippen molar-refractivity contribution in [3.8, 4) is 5.75 Å². The Labute approximate surface area is 85.5 Å². The predicted octanol–water partition coefficient (Wildman–Crippen LogP) is 1.46. The van der Waals surface area contributed by atoms with E-state index in [1.807, 2.05) is 0 Å². The zero-order chi connectivity index (χ0) is 11.0. The molecule has 2 rings (SSSR count). The largest absolute Gasteiger partial charge is 0.494 e. The third-order valence-corrected chi connectivity index (χ3v) is 2.28. The van der Waals surface area contributed by atoms with Crippen LogP contribution in [0.4, 0.5) is 5.69 Å². The molecule has 0 unspecified atom stereocenters. The summed E-state index contributed by atoms with van der Waals surface area (Å²) >= 11 is 0. The average Bonchev–Trinajstić information content (AvgIpc) is 2.65. The minimum atomic E-state index is -1.06. The Morgan fingerprint density at radius 3 is 2.93 bits per heavy atom. The number of benzene rings is 1. The summed E-state index contributed by atoms with van der Waals surface area (Å²) in [7, 11) is 1.40. The number of aromatic nitrogens is 1. The van der Waals surface area contributed by atoms with Crippen LogP contribution in [-0.2, 0) is 0 Å². The number of fused-ring (bicyclic) bond motifs is 1. The van der Waals surface area contributed by atoms with E-state index in [0.29, 0.717) is 11.2 Å². The quantitative estimate of drug-likeness (QED) is 0.649. The molecule has 0 atom stereocenters. The highest BCUT2D eigenvalue weighted by atomic mass is 16.5. The van der Waals surface area contributed by atoms with Gasteiger partial charge in [-0.15, -0.1) is 0 Å². The van der Waals surface area contributed by atoms with Gasteiger partial charge in [0.2, 0.25) is 0 Å². The maximum atomic E-state index is 10.9. The normalized spacial score (nSPS) is 10.5. The number of rotatable bonds is 2. The van der Waals surface area contributed by atoms with Crippen LogP contribution in [0.2, 0.25) is 0 Å². The monoisotopic (exact) mass is 206 g/mol. The van der Waals surface area contributed by atoms with Crippen LogP contribution >= 0.6 is 0 Å². The highest BCUT2D eigenvalue weighted by Gasteiger charge is 2.17. The van der Waals surface area contributed by atoms with Crippen LogP contribution in [0.1, 0.15) is 10.4 Å². The summed E-state index contributed by atoms with van der Waals surface area (Å²) in [6.45, 7) is 0. The van der Waals surface area contributed by atoms with Crippen molar-refractivity contribution in [2.24, 2.45) is 0 Å². The number of hydrogen-bond donors (Lipinski definition) is 3. The molecule has 1 aromatic carbocycles. The van der Waals surface area contributed by atoms with E-state index in [1.54, 1.807) is 12.3 Å². The fourth-order valence-corrected chi connectivity index (χ4v) is 1.59. The summed E-state index contributed by atoms with van der Waals surface area (Å²) in [5, 5.41) is 9.73. The van der Waals surface area contributed by atoms with Crippen molar-refractivity contribution >= 4 is 22.6 Å². The molecular weight excluding hydrogens is 196 g/mol. The number of nitrogens with one attached hydrogen (secondary N) is 1. The lowest BCUT2D eigenvalue weighted by molar-refractivity contribution is 0.0693. The number of aromatic carboxylic acids is 1. The molecule has 0 aliphatic rings. The van der Waals surface area contributed by atoms with E-state index in [9.17, 15) is 4.79 Å². The lowest BCUT2D eigenvalue weighted by Gasteiger charge is -2.08. The molecule has 2 aromatic rings. The van der Waals surface area contributed by atoms with Crippen LogP contribution in [0, 0.1) is 0 Å². The maximum Gasteiger partial charge on any atom is 0.339 e. The smallest absolute Gasteiger partial charge is 0.339 e. The molecule has 1 heterocycles. The van der Waals surface area contributed by atoms with Gasteiger partial charge in [-0.2, -0.15) is 0 Å². The van der Waals surface area contributed by atoms with Crippen molar-refractivity contribution in [1.82, 2.24) is 4.98 Å². The first-order valence-corrected chi connectivity index (χ1v) is 4.32. The summed E-state index contributed by atoms with van der Waals surface area (Å²) in [6.07, 6.45) is 1.70. The van der Waals surface area contributed by atoms with E-state index in [-0.39, 0.29) is 11.3 Å². The van der Waals surface area contributed by atoms with Gasteiger partial charge < -0.3 is 20.6 Å². The first-order valence-electron chi connectivity index (χ1n) is 4.32. The number of ether oxygens (including phenoxy) is 1. The van der Waals surface area contributed by atoms with E-state index in [2.05, 4.69) is 4.98 Å². The fourth-order valence-electron chi connectivity index (χ4n) is 1.59. The minimum absolute atomic E-state index is 0.0601. The summed E-state index contributed by atoms with van der Waals surface area (Å²) in [6, 6.07) is 3.28. The summed E-state index contributed by atoms with van der Waals surface area (Å²) in [5.74, 6) is -0.857. The molecule has 0 spiro atoms. The molecule has 0 amide bonds. The number of anilines is 1. The molecule has 4 N–H and O–H groups in total. The molecule has 78 valence electrons. The van der Waals surface area contributed by atoms with Gasteiger partial charge in [-0.05, 0) is 12.1 Å². The van der Waals surface area contributed by atoms with Crippen molar-refractivity contribution in [1.29, 1.82) is 0 Å². The molecule has 0 radical (unpaired) electrons. The van der Waals surface area contributed by atoms with Crippen LogP contribution in [0.25, 0.3) is 10.9 Å². The number of hydrogen-bond acceptors (Lipinski definition) is 3. The summed E-state index contributed by atoms with van der Waals surface area (Å²) in [4.78, 5) is 13.9. The topological polar surface area (TPSA) is 88.3 Å². The van der Waals surface area contributed by atoms with Crippen molar-refractivity contribution < 1.29 is 14.6 Å². The second kappa shape index (κ2) is 3.20. The number of carboxylic acids is 1. The predicted molar refractivity (Wildman–Crippen MR) is 56.2 cm³/mol. The number of carboxylic acid groups (broad SMARTS) is 1. The highest BCUT2D eigenvalue weighted by Crippen LogP contribution is 2.33. The lowest BCUT2D eigenvalue weighted by atomic mass is 10.1. The Kier molecular flexibility index (Phi) is 2.00. The van der Waals surface area contributed by atoms with Gasteiger partial charge in [-0.3, -0.25) is 0 Å². The lowest BCUT2D eigenvalue weighted by Crippen LogP contribution is -2.03. The van der Waals surface area contributed by atoms with Crippen molar-refractivity contribution in [2.75, 3.05) is 12.8 Å². The molecule has 5 nitrogen and oxygen atoms in total. The zero-order valence-electron chi connectivity index (χ0n) is 8.07. The molecule has 0 bridgehead atoms.